The van der Waals surface area contributed by atoms with Crippen molar-refractivity contribution in [1.29, 1.82) is 0 Å². The zero-order valence-corrected chi connectivity index (χ0v) is 46.0. The zero-order chi connectivity index (χ0) is 54.7. The lowest BCUT2D eigenvalue weighted by Crippen LogP contribution is -2.35. The maximum atomic E-state index is 7.23. The first-order valence-electron chi connectivity index (χ1n) is 29.9. The first-order chi connectivity index (χ1) is 41.7. The molecule has 0 bridgehead atoms. The number of para-hydroxylation sites is 6. The van der Waals surface area contributed by atoms with Crippen LogP contribution in [0.3, 0.4) is 0 Å². The maximum absolute atomic E-state index is 7.23. The molecule has 9 aromatic carbocycles. The molecule has 12 aromatic rings. The predicted octanol–water partition coefficient (Wildman–Crippen LogP) is 20.1. The average Bonchev–Trinajstić information content (AvgIpc) is 2.64. The molecule has 3 atom stereocenters. The number of aromatic nitrogens is 1. The highest BCUT2D eigenvalue weighted by molar-refractivity contribution is 6.21. The molecule has 0 radical (unpaired) electrons. The van der Waals surface area contributed by atoms with Crippen molar-refractivity contribution in [3.63, 3.8) is 0 Å². The van der Waals surface area contributed by atoms with E-state index in [0.717, 1.165) is 116 Å². The Balaban J connectivity index is 0.773. The standard InChI is InChI=1S/C78H54N4O2/c1-5-21-47(22-6-1)51-31-17-33-55-57-35-19-39-67(77(57)83-75(51)55)79(49-25-9-3-10-26-49)65-43-41-53-61-45-70-62(46-69(61)81-63-37-15-13-29-59(63)71(65)73(53)81)54-42-44-66(72-60-30-14-16-38-64(60)82(70)74(54)72)80(50-27-11-4-12-28-50)68-40-20-36-58-56-34-18-32-52(76(56)84-78(58)68)48-23-7-2-8-24-48/h1-13,15,17-18,20-34,36-44,46,61,72,74H,14,16,19,35,45H2. The van der Waals surface area contributed by atoms with Crippen molar-refractivity contribution in [2.75, 3.05) is 9.80 Å². The SMILES string of the molecule is C1=C2C(=CCC1)N1C3=C(C=C4C(C3)c3ccc(N(C5=CCCc6c5oc5c(-c7ccccc7)cccc65)c5ccccc5)c5c6ccccc6n4c35)C3=CC=C(N(c4ccccc4)c4cccc5c4oc4c(-c6ccccc6)cccc45)C2C31. The largest absolute Gasteiger partial charge is 0.454 e. The monoisotopic (exact) mass is 1080 g/mol. The molecule has 0 spiro atoms. The van der Waals surface area contributed by atoms with Crippen LogP contribution >= 0.6 is 0 Å². The van der Waals surface area contributed by atoms with E-state index in [0.29, 0.717) is 0 Å². The van der Waals surface area contributed by atoms with E-state index in [1.165, 1.54) is 77.8 Å². The van der Waals surface area contributed by atoms with E-state index in [2.05, 4.69) is 268 Å². The minimum Gasteiger partial charge on any atom is -0.454 e. The van der Waals surface area contributed by atoms with E-state index in [1.807, 2.05) is 0 Å². The lowest BCUT2D eigenvalue weighted by atomic mass is 9.78. The quantitative estimate of drug-likeness (QED) is 0.152. The number of rotatable bonds is 8. The van der Waals surface area contributed by atoms with Gasteiger partial charge in [-0.2, -0.15) is 0 Å². The fraction of sp³-hybridized carbons (Fsp3) is 0.103. The third kappa shape index (κ3) is 6.34. The summed E-state index contributed by atoms with van der Waals surface area (Å²) in [5.41, 5.74) is 27.7. The third-order valence-electron chi connectivity index (χ3n) is 19.3. The van der Waals surface area contributed by atoms with Gasteiger partial charge in [-0.25, -0.2) is 0 Å². The Morgan fingerprint density at radius 3 is 1.89 bits per heavy atom. The van der Waals surface area contributed by atoms with Crippen LogP contribution in [0.15, 0.2) is 291 Å². The van der Waals surface area contributed by atoms with Crippen LogP contribution in [-0.2, 0) is 6.42 Å². The van der Waals surface area contributed by atoms with E-state index in [9.17, 15) is 0 Å². The topological polar surface area (TPSA) is 40.9 Å². The Morgan fingerprint density at radius 1 is 0.488 bits per heavy atom. The van der Waals surface area contributed by atoms with Gasteiger partial charge in [-0.15, -0.1) is 0 Å². The number of allylic oxidation sites excluding steroid dienone is 9. The normalized spacial score (nSPS) is 19.0. The summed E-state index contributed by atoms with van der Waals surface area (Å²) in [6.07, 6.45) is 19.8. The molecule has 0 saturated carbocycles. The number of fused-ring (bicyclic) bond motifs is 17. The second kappa shape index (κ2) is 17.6. The Kier molecular flexibility index (Phi) is 9.71. The summed E-state index contributed by atoms with van der Waals surface area (Å²) in [6, 6.07) is 77.2. The molecule has 0 amide bonds. The van der Waals surface area contributed by atoms with Crippen molar-refractivity contribution >= 4 is 88.9 Å². The third-order valence-corrected chi connectivity index (χ3v) is 19.3. The molecule has 0 N–H and O–H groups in total. The van der Waals surface area contributed by atoms with Gasteiger partial charge in [0.2, 0.25) is 0 Å². The highest BCUT2D eigenvalue weighted by Gasteiger charge is 2.55. The molecule has 6 nitrogen and oxygen atoms in total. The molecule has 84 heavy (non-hydrogen) atoms. The number of hydrogen-bond acceptors (Lipinski definition) is 5. The Bertz CT molecular complexity index is 5060. The second-order valence-electron chi connectivity index (χ2n) is 23.5. The van der Waals surface area contributed by atoms with Gasteiger partial charge in [-0.1, -0.05) is 194 Å². The van der Waals surface area contributed by atoms with Crippen molar-refractivity contribution < 1.29 is 8.83 Å². The van der Waals surface area contributed by atoms with Crippen LogP contribution in [0.5, 0.6) is 0 Å². The number of hydrogen-bond donors (Lipinski definition) is 0. The van der Waals surface area contributed by atoms with Crippen LogP contribution in [-0.4, -0.2) is 15.5 Å². The van der Waals surface area contributed by atoms with E-state index >= 15 is 0 Å². The molecule has 1 saturated heterocycles. The summed E-state index contributed by atoms with van der Waals surface area (Å²) in [7, 11) is 0. The summed E-state index contributed by atoms with van der Waals surface area (Å²) < 4.78 is 17.1. The summed E-state index contributed by atoms with van der Waals surface area (Å²) >= 11 is 0. The van der Waals surface area contributed by atoms with Crippen molar-refractivity contribution in [2.45, 2.75) is 44.1 Å². The number of anilines is 4. The minimum atomic E-state index is 0.0873. The average molecular weight is 1080 g/mol. The second-order valence-corrected chi connectivity index (χ2v) is 23.5. The van der Waals surface area contributed by atoms with Gasteiger partial charge >= 0.3 is 0 Å². The fourth-order valence-corrected chi connectivity index (χ4v) is 15.9. The smallest absolute Gasteiger partial charge is 0.159 e. The summed E-state index contributed by atoms with van der Waals surface area (Å²) in [5, 5.41) is 5.97. The van der Waals surface area contributed by atoms with Crippen molar-refractivity contribution in [2.24, 2.45) is 5.92 Å². The first-order valence-corrected chi connectivity index (χ1v) is 29.9. The molecule has 19 rings (SSSR count). The van der Waals surface area contributed by atoms with Gasteiger partial charge in [0.25, 0.3) is 0 Å². The van der Waals surface area contributed by atoms with Crippen LogP contribution in [0, 0.1) is 5.92 Å². The van der Waals surface area contributed by atoms with Crippen molar-refractivity contribution in [1.82, 2.24) is 9.47 Å². The molecular weight excluding hydrogens is 1020 g/mol. The summed E-state index contributed by atoms with van der Waals surface area (Å²) in [5.74, 6) is 1.21. The van der Waals surface area contributed by atoms with Crippen LogP contribution in [0.4, 0.5) is 22.7 Å². The van der Waals surface area contributed by atoms with Gasteiger partial charge in [-0.3, -0.25) is 0 Å². The van der Waals surface area contributed by atoms with E-state index < -0.39 is 0 Å². The van der Waals surface area contributed by atoms with Crippen molar-refractivity contribution in [3.05, 3.63) is 299 Å². The molecular formula is C78H54N4O2. The predicted molar refractivity (Wildman–Crippen MR) is 343 cm³/mol. The molecule has 3 unspecified atom stereocenters. The molecule has 6 heterocycles. The van der Waals surface area contributed by atoms with Crippen LogP contribution in [0.25, 0.3) is 88.4 Å². The molecule has 3 aliphatic heterocycles. The fourth-order valence-electron chi connectivity index (χ4n) is 15.9. The molecule has 7 aliphatic rings. The lowest BCUT2D eigenvalue weighted by Gasteiger charge is -2.36. The Hall–Kier alpha value is -10.3. The minimum absolute atomic E-state index is 0.0873. The van der Waals surface area contributed by atoms with Crippen LogP contribution in [0.1, 0.15) is 48.5 Å². The molecule has 1 fully saturated rings. The highest BCUT2D eigenvalue weighted by atomic mass is 16.3. The lowest BCUT2D eigenvalue weighted by molar-refractivity contribution is 0.375. The van der Waals surface area contributed by atoms with Gasteiger partial charge in [0.15, 0.2) is 11.3 Å². The summed E-state index contributed by atoms with van der Waals surface area (Å²) in [4.78, 5) is 7.80. The molecule has 4 aliphatic carbocycles. The van der Waals surface area contributed by atoms with E-state index in [4.69, 9.17) is 8.83 Å². The van der Waals surface area contributed by atoms with E-state index in [-0.39, 0.29) is 17.9 Å². The van der Waals surface area contributed by atoms with E-state index in [1.54, 1.807) is 0 Å². The number of aryl methyl sites for hydroxylation is 1. The highest BCUT2D eigenvalue weighted by Crippen LogP contribution is 2.63. The number of benzene rings is 9. The van der Waals surface area contributed by atoms with Crippen LogP contribution in [0.2, 0.25) is 0 Å². The molecule has 6 heteroatoms. The van der Waals surface area contributed by atoms with Crippen LogP contribution < -0.4 is 9.80 Å². The number of nitrogens with zero attached hydrogens (tertiary/aromatic N) is 4. The van der Waals surface area contributed by atoms with Gasteiger partial charge in [0.05, 0.1) is 40.1 Å². The van der Waals surface area contributed by atoms with Gasteiger partial charge in [-0.05, 0) is 108 Å². The Labute approximate surface area is 486 Å². The molecule has 3 aromatic heterocycles. The first kappa shape index (κ1) is 46.3. The van der Waals surface area contributed by atoms with Gasteiger partial charge < -0.3 is 28.1 Å². The Morgan fingerprint density at radius 2 is 1.13 bits per heavy atom. The summed E-state index contributed by atoms with van der Waals surface area (Å²) in [6.45, 7) is 0. The number of furan rings is 2. The van der Waals surface area contributed by atoms with Gasteiger partial charge in [0, 0.05) is 95.7 Å². The zero-order valence-electron chi connectivity index (χ0n) is 46.0. The molecule has 398 valence electrons. The maximum Gasteiger partial charge on any atom is 0.159 e. The van der Waals surface area contributed by atoms with Crippen molar-refractivity contribution in [3.8, 4) is 22.3 Å². The van der Waals surface area contributed by atoms with Gasteiger partial charge in [0.1, 0.15) is 11.2 Å².